The number of benzene rings is 11. The Labute approximate surface area is 415 Å². The number of aromatic nitrogens is 4. The molecule has 2 aliphatic heterocycles. The van der Waals surface area contributed by atoms with Crippen molar-refractivity contribution in [2.75, 3.05) is 0 Å². The van der Waals surface area contributed by atoms with Gasteiger partial charge in [-0.15, -0.1) is 0 Å². The summed E-state index contributed by atoms with van der Waals surface area (Å²) < 4.78 is 24.5. The first kappa shape index (κ1) is 37.2. The number of ether oxygens (including phenoxy) is 2. The van der Waals surface area contributed by atoms with Crippen molar-refractivity contribution in [3.63, 3.8) is 0 Å². The number of nitrogens with zero attached hydrogens (tertiary/aromatic N) is 4. The second kappa shape index (κ2) is 12.8. The van der Waals surface area contributed by atoms with Crippen LogP contribution in [0.5, 0.6) is 23.0 Å². The molecule has 0 bridgehead atoms. The van der Waals surface area contributed by atoms with Crippen molar-refractivity contribution < 1.29 is 9.47 Å². The standard InChI is InChI=1S/C66H35BN4O2/c1-7-20-50-38(14-1)39-15-2-8-21-51(39)68(50)36-32-44-42-18-5-11-24-54(42)70-56-30-28-48-65(60(56)46(34-36)63(44)70)72-58-26-13-27-59-62(58)67(48)49-29-31-57-61(66(49)73-59)47-35-37(33-45-43-19-6-12-25-55(43)71(57)64(45)47)69-52-22-9-3-16-40(52)41-17-4-10-23-53(41)69/h1-35H. The number of hydrogen-bond acceptors (Lipinski definition) is 2. The van der Waals surface area contributed by atoms with Gasteiger partial charge in [0.2, 0.25) is 0 Å². The molecule has 19 rings (SSSR count). The van der Waals surface area contributed by atoms with Gasteiger partial charge in [-0.3, -0.25) is 0 Å². The van der Waals surface area contributed by atoms with Crippen LogP contribution in [0.15, 0.2) is 212 Å². The van der Waals surface area contributed by atoms with Crippen molar-refractivity contribution in [3.8, 4) is 34.4 Å². The van der Waals surface area contributed by atoms with Gasteiger partial charge in [-0.05, 0) is 95.9 Å². The van der Waals surface area contributed by atoms with Gasteiger partial charge in [0, 0.05) is 70.7 Å². The lowest BCUT2D eigenvalue weighted by Gasteiger charge is -2.33. The summed E-state index contributed by atoms with van der Waals surface area (Å²) in [5.74, 6) is 3.47. The summed E-state index contributed by atoms with van der Waals surface area (Å²) in [6.07, 6.45) is 0. The molecule has 0 spiro atoms. The minimum atomic E-state index is -0.144. The molecule has 0 N–H and O–H groups in total. The number of rotatable bonds is 2. The number of fused-ring (bicyclic) bond motifs is 24. The van der Waals surface area contributed by atoms with E-state index >= 15 is 0 Å². The molecule has 2 aliphatic rings. The van der Waals surface area contributed by atoms with Crippen LogP contribution in [0.25, 0.3) is 131 Å². The normalized spacial score (nSPS) is 13.4. The fourth-order valence-electron chi connectivity index (χ4n) is 14.1. The molecule has 8 heterocycles. The highest BCUT2D eigenvalue weighted by Crippen LogP contribution is 2.50. The first-order valence-corrected chi connectivity index (χ1v) is 25.2. The minimum Gasteiger partial charge on any atom is -0.458 e. The highest BCUT2D eigenvalue weighted by atomic mass is 16.5. The largest absolute Gasteiger partial charge is 0.458 e. The summed E-state index contributed by atoms with van der Waals surface area (Å²) in [6, 6.07) is 78.2. The summed E-state index contributed by atoms with van der Waals surface area (Å²) in [5.41, 5.74) is 17.4. The Kier molecular flexibility index (Phi) is 6.51. The molecule has 17 aromatic rings. The SMILES string of the molecule is c1cc2c3c(c1)Oc1c(ccc4c1c1cc(-n5c6ccccc6c6ccccc65)cc5c6ccccc6n4c51)B3c1ccc3c(c1O2)c1cc(-n2c4ccccc4c4ccccc42)cc2c4ccccc4n3c21. The molecule has 0 amide bonds. The van der Waals surface area contributed by atoms with Crippen LogP contribution < -0.4 is 25.9 Å². The molecule has 73 heavy (non-hydrogen) atoms. The van der Waals surface area contributed by atoms with Gasteiger partial charge >= 0.3 is 0 Å². The van der Waals surface area contributed by atoms with Crippen molar-refractivity contribution in [2.24, 2.45) is 0 Å². The van der Waals surface area contributed by atoms with Gasteiger partial charge in [-0.25, -0.2) is 0 Å². The summed E-state index contributed by atoms with van der Waals surface area (Å²) in [6.45, 7) is -0.144. The molecule has 0 unspecified atom stereocenters. The summed E-state index contributed by atoms with van der Waals surface area (Å²) in [7, 11) is 0. The zero-order valence-corrected chi connectivity index (χ0v) is 38.9. The van der Waals surface area contributed by atoms with Gasteiger partial charge in [0.1, 0.15) is 23.0 Å². The van der Waals surface area contributed by atoms with E-state index in [1.54, 1.807) is 0 Å². The lowest BCUT2D eigenvalue weighted by molar-refractivity contribution is 0.470. The van der Waals surface area contributed by atoms with Crippen molar-refractivity contribution in [1.29, 1.82) is 0 Å². The Morgan fingerprint density at radius 3 is 1.03 bits per heavy atom. The third-order valence-electron chi connectivity index (χ3n) is 16.9. The van der Waals surface area contributed by atoms with Gasteiger partial charge in [-0.2, -0.15) is 0 Å². The molecule has 0 aliphatic carbocycles. The van der Waals surface area contributed by atoms with Crippen molar-refractivity contribution >= 4 is 143 Å². The Balaban J connectivity index is 0.912. The van der Waals surface area contributed by atoms with E-state index in [0.29, 0.717) is 0 Å². The molecule has 6 nitrogen and oxygen atoms in total. The summed E-state index contributed by atoms with van der Waals surface area (Å²) in [4.78, 5) is 0. The number of para-hydroxylation sites is 6. The first-order valence-electron chi connectivity index (χ1n) is 25.2. The van der Waals surface area contributed by atoms with E-state index < -0.39 is 0 Å². The average Bonchev–Trinajstić information content (AvgIpc) is 4.34. The highest BCUT2D eigenvalue weighted by Gasteiger charge is 2.43. The van der Waals surface area contributed by atoms with E-state index in [-0.39, 0.29) is 6.71 Å². The van der Waals surface area contributed by atoms with E-state index in [1.807, 2.05) is 0 Å². The van der Waals surface area contributed by atoms with Crippen LogP contribution >= 0.6 is 0 Å². The average molecular weight is 927 g/mol. The van der Waals surface area contributed by atoms with Crippen molar-refractivity contribution in [1.82, 2.24) is 17.9 Å². The van der Waals surface area contributed by atoms with Crippen LogP contribution in [-0.2, 0) is 0 Å². The monoisotopic (exact) mass is 926 g/mol. The van der Waals surface area contributed by atoms with Crippen LogP contribution in [0.4, 0.5) is 0 Å². The maximum atomic E-state index is 7.34. The van der Waals surface area contributed by atoms with E-state index in [4.69, 9.17) is 9.47 Å². The fourth-order valence-corrected chi connectivity index (χ4v) is 14.1. The Bertz CT molecular complexity index is 4930. The quantitative estimate of drug-likeness (QED) is 0.162. The van der Waals surface area contributed by atoms with Gasteiger partial charge in [0.05, 0.1) is 65.9 Å². The van der Waals surface area contributed by atoms with Crippen LogP contribution in [0, 0.1) is 0 Å². The Morgan fingerprint density at radius 1 is 0.288 bits per heavy atom. The van der Waals surface area contributed by atoms with Crippen molar-refractivity contribution in [3.05, 3.63) is 212 Å². The predicted octanol–water partition coefficient (Wildman–Crippen LogP) is 14.9. The van der Waals surface area contributed by atoms with E-state index in [1.165, 1.54) is 98.0 Å². The van der Waals surface area contributed by atoms with Crippen LogP contribution in [0.1, 0.15) is 0 Å². The van der Waals surface area contributed by atoms with Gasteiger partial charge < -0.3 is 27.4 Å². The topological polar surface area (TPSA) is 37.1 Å². The molecule has 11 aromatic carbocycles. The Morgan fingerprint density at radius 2 is 0.630 bits per heavy atom. The second-order valence-electron chi connectivity index (χ2n) is 20.3. The third kappa shape index (κ3) is 4.34. The zero-order chi connectivity index (χ0) is 46.9. The Hall–Kier alpha value is -9.72. The lowest BCUT2D eigenvalue weighted by Crippen LogP contribution is -2.57. The van der Waals surface area contributed by atoms with Crippen LogP contribution in [0.2, 0.25) is 0 Å². The molecular weight excluding hydrogens is 892 g/mol. The van der Waals surface area contributed by atoms with Crippen molar-refractivity contribution in [2.45, 2.75) is 0 Å². The molecule has 6 aromatic heterocycles. The van der Waals surface area contributed by atoms with Gasteiger partial charge in [0.25, 0.3) is 6.71 Å². The third-order valence-corrected chi connectivity index (χ3v) is 16.9. The van der Waals surface area contributed by atoms with Gasteiger partial charge in [-0.1, -0.05) is 127 Å². The maximum absolute atomic E-state index is 7.34. The van der Waals surface area contributed by atoms with Gasteiger partial charge in [0.15, 0.2) is 0 Å². The molecule has 0 saturated heterocycles. The smallest absolute Gasteiger partial charge is 0.260 e. The molecule has 334 valence electrons. The molecule has 7 heteroatoms. The molecule has 0 fully saturated rings. The lowest BCUT2D eigenvalue weighted by atomic mass is 9.34. The zero-order valence-electron chi connectivity index (χ0n) is 38.9. The van der Waals surface area contributed by atoms with Crippen LogP contribution in [0.3, 0.4) is 0 Å². The van der Waals surface area contributed by atoms with E-state index in [2.05, 4.69) is 230 Å². The molecular formula is C66H35BN4O2. The fraction of sp³-hybridized carbons (Fsp3) is 0. The summed E-state index contributed by atoms with van der Waals surface area (Å²) in [5, 5.41) is 14.5. The predicted molar refractivity (Wildman–Crippen MR) is 302 cm³/mol. The minimum absolute atomic E-state index is 0.144. The number of hydrogen-bond donors (Lipinski definition) is 0. The first-order chi connectivity index (χ1) is 36.2. The molecule has 0 atom stereocenters. The van der Waals surface area contributed by atoms with E-state index in [9.17, 15) is 0 Å². The molecule has 0 saturated carbocycles. The second-order valence-corrected chi connectivity index (χ2v) is 20.3. The maximum Gasteiger partial charge on any atom is 0.260 e. The highest BCUT2D eigenvalue weighted by molar-refractivity contribution is 6.98. The summed E-state index contributed by atoms with van der Waals surface area (Å²) >= 11 is 0. The van der Waals surface area contributed by atoms with E-state index in [0.717, 1.165) is 72.6 Å². The molecule has 0 radical (unpaired) electrons. The van der Waals surface area contributed by atoms with Crippen LogP contribution in [-0.4, -0.2) is 24.6 Å².